The SMILES string of the molecule is C[C@H](O)CNc1nccc(-c2sc(N3CCN(C)CC3)nc2-c2cccc(NSCCC(F)(F)F)c2Cl)n1. The average molecular weight is 588 g/mol. The van der Waals surface area contributed by atoms with Crippen molar-refractivity contribution in [2.45, 2.75) is 25.6 Å². The Bertz CT molecular complexity index is 1220. The maximum Gasteiger partial charge on any atom is 0.389 e. The molecular formula is C24H29ClF3N7OS2. The number of nitrogens with zero attached hydrogens (tertiary/aromatic N) is 5. The number of aromatic nitrogens is 3. The molecule has 206 valence electrons. The number of hydrogen-bond donors (Lipinski definition) is 3. The Labute approximate surface area is 232 Å². The molecule has 0 radical (unpaired) electrons. The van der Waals surface area contributed by atoms with Gasteiger partial charge in [0.15, 0.2) is 5.13 Å². The van der Waals surface area contributed by atoms with Crippen LogP contribution in [0.1, 0.15) is 13.3 Å². The van der Waals surface area contributed by atoms with Crippen LogP contribution in [0, 0.1) is 0 Å². The molecule has 3 heterocycles. The summed E-state index contributed by atoms with van der Waals surface area (Å²) in [4.78, 5) is 19.2. The Balaban J connectivity index is 1.67. The maximum absolute atomic E-state index is 12.5. The topological polar surface area (TPSA) is 89.4 Å². The highest BCUT2D eigenvalue weighted by molar-refractivity contribution is 8.00. The van der Waals surface area contributed by atoms with Crippen LogP contribution >= 0.6 is 34.9 Å². The van der Waals surface area contributed by atoms with Gasteiger partial charge in [-0.05, 0) is 26.1 Å². The van der Waals surface area contributed by atoms with E-state index < -0.39 is 18.7 Å². The Morgan fingerprint density at radius 1 is 1.18 bits per heavy atom. The third-order valence-electron chi connectivity index (χ3n) is 5.76. The van der Waals surface area contributed by atoms with Crippen LogP contribution < -0.4 is 14.9 Å². The summed E-state index contributed by atoms with van der Waals surface area (Å²) in [6.07, 6.45) is -4.03. The van der Waals surface area contributed by atoms with Gasteiger partial charge < -0.3 is 24.9 Å². The molecule has 4 rings (SSSR count). The molecule has 0 amide bonds. The van der Waals surface area contributed by atoms with E-state index in [9.17, 15) is 18.3 Å². The number of hydrogen-bond acceptors (Lipinski definition) is 10. The zero-order valence-electron chi connectivity index (χ0n) is 20.9. The van der Waals surface area contributed by atoms with Crippen molar-refractivity contribution in [1.82, 2.24) is 19.9 Å². The molecule has 0 spiro atoms. The Kier molecular flexibility index (Phi) is 9.58. The molecule has 0 aliphatic carbocycles. The van der Waals surface area contributed by atoms with Crippen LogP contribution in [-0.4, -0.2) is 82.8 Å². The summed E-state index contributed by atoms with van der Waals surface area (Å²) >= 11 is 9.24. The third-order valence-corrected chi connectivity index (χ3v) is 8.08. The van der Waals surface area contributed by atoms with Crippen molar-refractivity contribution < 1.29 is 18.3 Å². The molecule has 0 bridgehead atoms. The van der Waals surface area contributed by atoms with Crippen molar-refractivity contribution in [3.05, 3.63) is 35.5 Å². The van der Waals surface area contributed by atoms with Crippen molar-refractivity contribution in [2.75, 3.05) is 60.5 Å². The predicted molar refractivity (Wildman–Crippen MR) is 150 cm³/mol. The van der Waals surface area contributed by atoms with Crippen molar-refractivity contribution in [3.8, 4) is 21.8 Å². The van der Waals surface area contributed by atoms with Crippen LogP contribution in [0.4, 0.5) is 29.9 Å². The molecule has 3 aromatic rings. The second-order valence-corrected chi connectivity index (χ2v) is 11.2. The van der Waals surface area contributed by atoms with E-state index >= 15 is 0 Å². The van der Waals surface area contributed by atoms with E-state index in [4.69, 9.17) is 16.6 Å². The first-order valence-corrected chi connectivity index (χ1v) is 14.2. The molecule has 1 aliphatic rings. The number of anilines is 3. The summed E-state index contributed by atoms with van der Waals surface area (Å²) in [5, 5.41) is 13.9. The van der Waals surface area contributed by atoms with Gasteiger partial charge in [0.2, 0.25) is 5.95 Å². The van der Waals surface area contributed by atoms with E-state index in [0.717, 1.165) is 48.1 Å². The Morgan fingerprint density at radius 3 is 2.66 bits per heavy atom. The van der Waals surface area contributed by atoms with Crippen molar-refractivity contribution in [3.63, 3.8) is 0 Å². The van der Waals surface area contributed by atoms with Crippen molar-refractivity contribution in [1.29, 1.82) is 0 Å². The quantitative estimate of drug-likeness (QED) is 0.211. The first kappa shape index (κ1) is 28.7. The van der Waals surface area contributed by atoms with E-state index in [2.05, 4.69) is 36.9 Å². The number of rotatable bonds is 10. The second kappa shape index (κ2) is 12.7. The van der Waals surface area contributed by atoms with Gasteiger partial charge >= 0.3 is 6.18 Å². The number of aliphatic hydroxyl groups excluding tert-OH is 1. The van der Waals surface area contributed by atoms with E-state index in [1.165, 1.54) is 11.3 Å². The minimum Gasteiger partial charge on any atom is -0.392 e. The van der Waals surface area contributed by atoms with E-state index in [-0.39, 0.29) is 5.75 Å². The van der Waals surface area contributed by atoms with Crippen molar-refractivity contribution >= 4 is 51.7 Å². The van der Waals surface area contributed by atoms with Crippen LogP contribution in [0.2, 0.25) is 5.02 Å². The second-order valence-electron chi connectivity index (χ2n) is 8.94. The molecule has 1 aliphatic heterocycles. The van der Waals surface area contributed by atoms with Gasteiger partial charge in [0.1, 0.15) is 0 Å². The standard InChI is InChI=1S/C24H29ClF3N7OS2/c1-15(36)14-30-22-29-8-6-18(31-22)21-20(32-23(38-21)35-11-9-34(2)10-12-35)16-4-3-5-17(19(16)25)33-37-13-7-24(26,27)28/h3-6,8,15,33,36H,7,9-14H2,1-2H3,(H,29,30,31)/t15-/m0/s1. The highest BCUT2D eigenvalue weighted by Gasteiger charge is 2.27. The molecule has 3 N–H and O–H groups in total. The molecule has 1 atom stereocenters. The fraction of sp³-hybridized carbons (Fsp3) is 0.458. The number of alkyl halides is 3. The highest BCUT2D eigenvalue weighted by atomic mass is 35.5. The van der Waals surface area contributed by atoms with Crippen molar-refractivity contribution in [2.24, 2.45) is 0 Å². The molecule has 1 aromatic carbocycles. The summed E-state index contributed by atoms with van der Waals surface area (Å²) in [5.74, 6) is 0.245. The average Bonchev–Trinajstić information content (AvgIpc) is 3.31. The number of aliphatic hydroxyl groups is 1. The molecular weight excluding hydrogens is 559 g/mol. The normalized spacial score (nSPS) is 15.5. The third kappa shape index (κ3) is 7.63. The molecule has 0 saturated carbocycles. The molecule has 8 nitrogen and oxygen atoms in total. The smallest absolute Gasteiger partial charge is 0.389 e. The molecule has 38 heavy (non-hydrogen) atoms. The summed E-state index contributed by atoms with van der Waals surface area (Å²) < 4.78 is 40.6. The van der Waals surface area contributed by atoms with E-state index in [1.807, 2.05) is 6.07 Å². The van der Waals surface area contributed by atoms with Gasteiger partial charge in [0.25, 0.3) is 0 Å². The largest absolute Gasteiger partial charge is 0.392 e. The van der Waals surface area contributed by atoms with Gasteiger partial charge in [-0.1, -0.05) is 47.0 Å². The molecule has 14 heteroatoms. The van der Waals surface area contributed by atoms with Gasteiger partial charge in [-0.15, -0.1) is 0 Å². The van der Waals surface area contributed by atoms with Gasteiger partial charge in [-0.2, -0.15) is 13.2 Å². The summed E-state index contributed by atoms with van der Waals surface area (Å²) in [5.41, 5.74) is 2.45. The zero-order valence-corrected chi connectivity index (χ0v) is 23.3. The lowest BCUT2D eigenvalue weighted by Gasteiger charge is -2.32. The Hall–Kier alpha value is -2.32. The number of likely N-dealkylation sites (N-methyl/N-ethyl adjacent to an activating group) is 1. The molecule has 1 saturated heterocycles. The first-order valence-electron chi connectivity index (χ1n) is 12.0. The van der Waals surface area contributed by atoms with Crippen LogP contribution in [-0.2, 0) is 0 Å². The lowest BCUT2D eigenvalue weighted by atomic mass is 10.1. The minimum atomic E-state index is -4.21. The Morgan fingerprint density at radius 2 is 1.95 bits per heavy atom. The van der Waals surface area contributed by atoms with Crippen LogP contribution in [0.5, 0.6) is 0 Å². The highest BCUT2D eigenvalue weighted by Crippen LogP contribution is 2.44. The number of halogens is 4. The van der Waals surface area contributed by atoms with E-state index in [1.54, 1.807) is 31.3 Å². The monoisotopic (exact) mass is 587 g/mol. The fourth-order valence-electron chi connectivity index (χ4n) is 3.70. The maximum atomic E-state index is 12.5. The first-order chi connectivity index (χ1) is 18.1. The lowest BCUT2D eigenvalue weighted by Crippen LogP contribution is -2.44. The van der Waals surface area contributed by atoms with Gasteiger partial charge in [-0.3, -0.25) is 0 Å². The number of benzene rings is 1. The number of nitrogens with one attached hydrogen (secondary N) is 2. The van der Waals surface area contributed by atoms with Gasteiger partial charge in [0.05, 0.1) is 39.5 Å². The zero-order chi connectivity index (χ0) is 27.3. The molecule has 2 aromatic heterocycles. The van der Waals surface area contributed by atoms with E-state index in [0.29, 0.717) is 40.2 Å². The molecule has 0 unspecified atom stereocenters. The summed E-state index contributed by atoms with van der Waals surface area (Å²) in [6.45, 7) is 5.47. The summed E-state index contributed by atoms with van der Waals surface area (Å²) in [6, 6.07) is 7.15. The van der Waals surface area contributed by atoms with Crippen LogP contribution in [0.15, 0.2) is 30.5 Å². The molecule has 1 fully saturated rings. The van der Waals surface area contributed by atoms with Gasteiger partial charge in [0, 0.05) is 50.2 Å². The van der Waals surface area contributed by atoms with Gasteiger partial charge in [-0.25, -0.2) is 15.0 Å². The summed E-state index contributed by atoms with van der Waals surface area (Å²) in [7, 11) is 2.09. The predicted octanol–water partition coefficient (Wildman–Crippen LogP) is 5.48. The number of thiazole rings is 1. The fourth-order valence-corrected chi connectivity index (χ4v) is 5.88. The number of piperazine rings is 1. The van der Waals surface area contributed by atoms with Crippen LogP contribution in [0.3, 0.4) is 0 Å². The minimum absolute atomic E-state index is 0.136. The van der Waals surface area contributed by atoms with Crippen LogP contribution in [0.25, 0.3) is 21.8 Å². The lowest BCUT2D eigenvalue weighted by molar-refractivity contribution is -0.129.